The van der Waals surface area contributed by atoms with Crippen LogP contribution in [0.25, 0.3) is 0 Å². The summed E-state index contributed by atoms with van der Waals surface area (Å²) in [6.45, 7) is 5.37. The number of carbonyl (C=O) groups excluding carboxylic acids is 1. The third kappa shape index (κ3) is 2.18. The van der Waals surface area contributed by atoms with Crippen molar-refractivity contribution in [2.24, 2.45) is 0 Å². The van der Waals surface area contributed by atoms with Crippen LogP contribution in [0.15, 0.2) is 22.4 Å². The number of nitrogens with zero attached hydrogens (tertiary/aromatic N) is 1. The van der Waals surface area contributed by atoms with Gasteiger partial charge >= 0.3 is 0 Å². The molecule has 13 heavy (non-hydrogen) atoms. The van der Waals surface area contributed by atoms with E-state index in [9.17, 15) is 4.79 Å². The van der Waals surface area contributed by atoms with Gasteiger partial charge in [-0.15, -0.1) is 0 Å². The minimum absolute atomic E-state index is 0.153. The molecule has 0 spiro atoms. The summed E-state index contributed by atoms with van der Waals surface area (Å²) in [7, 11) is 0. The minimum atomic E-state index is -0.153. The first kappa shape index (κ1) is 9.51. The van der Waals surface area contributed by atoms with Gasteiger partial charge in [0, 0.05) is 11.1 Å². The topological polar surface area (TPSA) is 55.1 Å². The zero-order valence-corrected chi connectivity index (χ0v) is 7.92. The van der Waals surface area contributed by atoms with Crippen LogP contribution in [0, 0.1) is 6.92 Å². The number of aryl methyl sites for hydroxylation is 1. The molecule has 1 N–H and O–H groups in total. The number of carbonyl (C=O) groups is 1. The summed E-state index contributed by atoms with van der Waals surface area (Å²) in [6.07, 6.45) is 3.23. The Balaban J connectivity index is 2.71. The third-order valence-corrected chi connectivity index (χ3v) is 1.77. The molecule has 0 fully saturated rings. The van der Waals surface area contributed by atoms with Gasteiger partial charge in [-0.3, -0.25) is 4.79 Å². The molecule has 1 amide bonds. The average Bonchev–Trinajstić information content (AvgIpc) is 2.50. The number of rotatable bonds is 2. The van der Waals surface area contributed by atoms with E-state index in [1.165, 1.54) is 6.26 Å². The molecule has 4 heteroatoms. The standard InChI is InChI=1S/C9H12N2O2/c1-4-6(2)9(12)10-8-7(3)5-13-11-8/h4-5H,1-3H3,(H,10,11,12)/b6-4-. The first-order valence-corrected chi connectivity index (χ1v) is 4.00. The maximum Gasteiger partial charge on any atom is 0.252 e. The lowest BCUT2D eigenvalue weighted by molar-refractivity contribution is -0.112. The predicted molar refractivity (Wildman–Crippen MR) is 49.3 cm³/mol. The van der Waals surface area contributed by atoms with E-state index < -0.39 is 0 Å². The molecule has 0 radical (unpaired) electrons. The number of hydrogen-bond donors (Lipinski definition) is 1. The quantitative estimate of drug-likeness (QED) is 0.707. The molecule has 0 bridgehead atoms. The van der Waals surface area contributed by atoms with E-state index in [4.69, 9.17) is 0 Å². The van der Waals surface area contributed by atoms with Crippen molar-refractivity contribution in [1.29, 1.82) is 0 Å². The lowest BCUT2D eigenvalue weighted by atomic mass is 10.2. The summed E-state index contributed by atoms with van der Waals surface area (Å²) in [5.41, 5.74) is 1.47. The number of hydrogen-bond acceptors (Lipinski definition) is 3. The van der Waals surface area contributed by atoms with E-state index in [2.05, 4.69) is 15.0 Å². The third-order valence-electron chi connectivity index (χ3n) is 1.77. The second-order valence-electron chi connectivity index (χ2n) is 2.77. The van der Waals surface area contributed by atoms with Gasteiger partial charge in [0.1, 0.15) is 6.26 Å². The smallest absolute Gasteiger partial charge is 0.252 e. The van der Waals surface area contributed by atoms with E-state index >= 15 is 0 Å². The number of anilines is 1. The molecule has 1 aromatic rings. The van der Waals surface area contributed by atoms with Crippen LogP contribution in [-0.4, -0.2) is 11.1 Å². The second kappa shape index (κ2) is 3.89. The van der Waals surface area contributed by atoms with Crippen LogP contribution in [-0.2, 0) is 4.79 Å². The van der Waals surface area contributed by atoms with Crippen molar-refractivity contribution in [3.8, 4) is 0 Å². The molecule has 0 aromatic carbocycles. The molecule has 70 valence electrons. The van der Waals surface area contributed by atoms with E-state index in [-0.39, 0.29) is 5.91 Å². The Kier molecular flexibility index (Phi) is 2.84. The van der Waals surface area contributed by atoms with Crippen LogP contribution >= 0.6 is 0 Å². The Morgan fingerprint density at radius 3 is 2.85 bits per heavy atom. The minimum Gasteiger partial charge on any atom is -0.362 e. The van der Waals surface area contributed by atoms with Crippen molar-refractivity contribution in [2.45, 2.75) is 20.8 Å². The fourth-order valence-corrected chi connectivity index (χ4v) is 0.745. The van der Waals surface area contributed by atoms with Crippen molar-refractivity contribution in [1.82, 2.24) is 5.16 Å². The molecule has 4 nitrogen and oxygen atoms in total. The Bertz CT molecular complexity index is 339. The van der Waals surface area contributed by atoms with Gasteiger partial charge in [0.2, 0.25) is 0 Å². The second-order valence-corrected chi connectivity index (χ2v) is 2.77. The normalized spacial score (nSPS) is 11.5. The Hall–Kier alpha value is -1.58. The number of allylic oxidation sites excluding steroid dienone is 1. The highest BCUT2D eigenvalue weighted by Gasteiger charge is 2.08. The zero-order chi connectivity index (χ0) is 9.84. The van der Waals surface area contributed by atoms with Gasteiger partial charge in [-0.2, -0.15) is 0 Å². The van der Waals surface area contributed by atoms with Crippen LogP contribution in [0.3, 0.4) is 0 Å². The maximum atomic E-state index is 11.3. The van der Waals surface area contributed by atoms with E-state index in [1.54, 1.807) is 13.0 Å². The van der Waals surface area contributed by atoms with Crippen LogP contribution in [0.1, 0.15) is 19.4 Å². The summed E-state index contributed by atoms with van der Waals surface area (Å²) in [5.74, 6) is 0.325. The van der Waals surface area contributed by atoms with Crippen molar-refractivity contribution in [3.63, 3.8) is 0 Å². The Morgan fingerprint density at radius 2 is 2.38 bits per heavy atom. The fraction of sp³-hybridized carbons (Fsp3) is 0.333. The first-order chi connectivity index (χ1) is 6.15. The van der Waals surface area contributed by atoms with Gasteiger partial charge in [0.25, 0.3) is 5.91 Å². The van der Waals surface area contributed by atoms with Gasteiger partial charge in [-0.05, 0) is 20.8 Å². The van der Waals surface area contributed by atoms with Crippen molar-refractivity contribution < 1.29 is 9.32 Å². The molecule has 0 saturated heterocycles. The summed E-state index contributed by atoms with van der Waals surface area (Å²) in [4.78, 5) is 11.3. The van der Waals surface area contributed by atoms with Crippen LogP contribution in [0.4, 0.5) is 5.82 Å². The summed E-state index contributed by atoms with van der Waals surface area (Å²) >= 11 is 0. The molecule has 0 aliphatic rings. The van der Waals surface area contributed by atoms with Crippen LogP contribution in [0.5, 0.6) is 0 Å². The SMILES string of the molecule is C/C=C(/C)C(=O)Nc1nocc1C. The molecule has 1 heterocycles. The van der Waals surface area contributed by atoms with E-state index in [0.717, 1.165) is 5.56 Å². The van der Waals surface area contributed by atoms with Gasteiger partial charge in [0.05, 0.1) is 0 Å². The van der Waals surface area contributed by atoms with Crippen molar-refractivity contribution in [2.75, 3.05) is 5.32 Å². The van der Waals surface area contributed by atoms with Gasteiger partial charge in [-0.1, -0.05) is 11.2 Å². The summed E-state index contributed by atoms with van der Waals surface area (Å²) in [6, 6.07) is 0. The lowest BCUT2D eigenvalue weighted by Gasteiger charge is -2.00. The number of amides is 1. The van der Waals surface area contributed by atoms with Crippen LogP contribution < -0.4 is 5.32 Å². The fourth-order valence-electron chi connectivity index (χ4n) is 0.745. The van der Waals surface area contributed by atoms with E-state index in [0.29, 0.717) is 11.4 Å². The highest BCUT2D eigenvalue weighted by molar-refractivity contribution is 6.02. The lowest BCUT2D eigenvalue weighted by Crippen LogP contribution is -2.13. The highest BCUT2D eigenvalue weighted by Crippen LogP contribution is 2.11. The van der Waals surface area contributed by atoms with Gasteiger partial charge < -0.3 is 9.84 Å². The summed E-state index contributed by atoms with van der Waals surface area (Å²) < 4.78 is 4.68. The van der Waals surface area contributed by atoms with Crippen molar-refractivity contribution >= 4 is 11.7 Å². The largest absolute Gasteiger partial charge is 0.362 e. The highest BCUT2D eigenvalue weighted by atomic mass is 16.5. The predicted octanol–water partition coefficient (Wildman–Crippen LogP) is 1.89. The number of aromatic nitrogens is 1. The zero-order valence-electron chi connectivity index (χ0n) is 7.92. The molecule has 0 aliphatic carbocycles. The molecule has 1 aromatic heterocycles. The average molecular weight is 180 g/mol. The Morgan fingerprint density at radius 1 is 1.69 bits per heavy atom. The van der Waals surface area contributed by atoms with Crippen LogP contribution in [0.2, 0.25) is 0 Å². The summed E-state index contributed by atoms with van der Waals surface area (Å²) in [5, 5.41) is 6.27. The van der Waals surface area contributed by atoms with Crippen molar-refractivity contribution in [3.05, 3.63) is 23.5 Å². The molecule has 0 saturated carbocycles. The van der Waals surface area contributed by atoms with Gasteiger partial charge in [-0.25, -0.2) is 0 Å². The molecular weight excluding hydrogens is 168 g/mol. The van der Waals surface area contributed by atoms with E-state index in [1.807, 2.05) is 13.8 Å². The molecule has 0 aliphatic heterocycles. The maximum absolute atomic E-state index is 11.3. The molecule has 1 rings (SSSR count). The monoisotopic (exact) mass is 180 g/mol. The number of nitrogens with one attached hydrogen (secondary N) is 1. The molecular formula is C9H12N2O2. The first-order valence-electron chi connectivity index (χ1n) is 4.00. The molecule has 0 atom stereocenters. The molecule has 0 unspecified atom stereocenters. The Labute approximate surface area is 76.6 Å². The van der Waals surface area contributed by atoms with Gasteiger partial charge in [0.15, 0.2) is 5.82 Å².